The third-order valence-electron chi connectivity index (χ3n) is 7.33. The molecule has 4 heterocycles. The lowest BCUT2D eigenvalue weighted by atomic mass is 9.89. The van der Waals surface area contributed by atoms with Gasteiger partial charge in [0.2, 0.25) is 5.76 Å². The quantitative estimate of drug-likeness (QED) is 0.426. The van der Waals surface area contributed by atoms with Gasteiger partial charge in [-0.3, -0.25) is 4.79 Å². The Labute approximate surface area is 220 Å². The smallest absolute Gasteiger partial charge is 0.417 e. The summed E-state index contributed by atoms with van der Waals surface area (Å²) < 4.78 is 46.6. The van der Waals surface area contributed by atoms with Gasteiger partial charge in [0, 0.05) is 26.2 Å². The van der Waals surface area contributed by atoms with Gasteiger partial charge in [0.05, 0.1) is 11.9 Å². The highest BCUT2D eigenvalue weighted by molar-refractivity contribution is 6.03. The summed E-state index contributed by atoms with van der Waals surface area (Å²) in [7, 11) is 0. The van der Waals surface area contributed by atoms with Crippen molar-refractivity contribution in [2.45, 2.75) is 45.2 Å². The average molecular weight is 528 g/mol. The molecule has 0 bridgehead atoms. The van der Waals surface area contributed by atoms with Gasteiger partial charge in [-0.1, -0.05) is 44.2 Å². The van der Waals surface area contributed by atoms with Crippen molar-refractivity contribution < 1.29 is 22.4 Å². The first-order valence-electron chi connectivity index (χ1n) is 13.1. The Morgan fingerprint density at radius 1 is 1.00 bits per heavy atom. The fourth-order valence-corrected chi connectivity index (χ4v) is 5.61. The number of pyridine rings is 1. The highest BCUT2D eigenvalue weighted by Crippen LogP contribution is 2.36. The largest absolute Gasteiger partial charge is 0.437 e. The topological polar surface area (TPSA) is 74.5 Å². The van der Waals surface area contributed by atoms with Gasteiger partial charge in [-0.2, -0.15) is 18.2 Å². The van der Waals surface area contributed by atoms with Crippen molar-refractivity contribution in [1.82, 2.24) is 9.97 Å². The van der Waals surface area contributed by atoms with Gasteiger partial charge in [0.15, 0.2) is 5.69 Å². The predicted molar refractivity (Wildman–Crippen MR) is 139 cm³/mol. The molecule has 2 unspecified atom stereocenters. The normalized spacial score (nSPS) is 21.0. The minimum absolute atomic E-state index is 0.173. The Hall–Kier alpha value is -3.56. The second-order valence-electron chi connectivity index (χ2n) is 10.6. The van der Waals surface area contributed by atoms with E-state index in [9.17, 15) is 18.0 Å². The molecule has 0 aliphatic carbocycles. The van der Waals surface area contributed by atoms with E-state index in [2.05, 4.69) is 44.5 Å². The van der Waals surface area contributed by atoms with Crippen molar-refractivity contribution in [3.63, 3.8) is 0 Å². The fraction of sp³-hybridized carbons (Fsp3) is 0.464. The van der Waals surface area contributed by atoms with E-state index >= 15 is 0 Å². The van der Waals surface area contributed by atoms with Gasteiger partial charge < -0.3 is 19.5 Å². The van der Waals surface area contributed by atoms with Crippen molar-refractivity contribution in [3.8, 4) is 0 Å². The van der Waals surface area contributed by atoms with Gasteiger partial charge in [0.25, 0.3) is 11.9 Å². The Morgan fingerprint density at radius 2 is 1.68 bits per heavy atom. The zero-order valence-electron chi connectivity index (χ0n) is 21.5. The van der Waals surface area contributed by atoms with E-state index in [1.807, 2.05) is 19.9 Å². The highest BCUT2D eigenvalue weighted by Gasteiger charge is 2.42. The standard InChI is InChI=1S/C28H32F3N5O2/c1-18-14-19(2)17-36(16-18)27-34-25(28(29,30)31)24(38-27)26(37)33-22-8-9-23(32-15-22)35-12-10-21(11-13-35)20-6-4-3-5-7-20/h3-9,15,18-19,21H,10-14,16-17H2,1-2H3,(H,33,37). The fourth-order valence-electron chi connectivity index (χ4n) is 5.61. The molecule has 2 aliphatic rings. The summed E-state index contributed by atoms with van der Waals surface area (Å²) in [5, 5.41) is 2.49. The van der Waals surface area contributed by atoms with E-state index in [0.717, 1.165) is 38.2 Å². The Kier molecular flexibility index (Phi) is 7.32. The molecule has 1 amide bonds. The molecule has 1 N–H and O–H groups in total. The van der Waals surface area contributed by atoms with Crippen LogP contribution in [0.5, 0.6) is 0 Å². The number of nitrogens with zero attached hydrogens (tertiary/aromatic N) is 4. The number of oxazole rings is 1. The van der Waals surface area contributed by atoms with Gasteiger partial charge in [-0.25, -0.2) is 4.98 Å². The molecule has 38 heavy (non-hydrogen) atoms. The number of carbonyl (C=O) groups excluding carboxylic acids is 1. The maximum Gasteiger partial charge on any atom is 0.437 e. The summed E-state index contributed by atoms with van der Waals surface area (Å²) in [5.74, 6) is -0.00687. The lowest BCUT2D eigenvalue weighted by molar-refractivity contribution is -0.141. The summed E-state index contributed by atoms with van der Waals surface area (Å²) in [5.41, 5.74) is 0.308. The van der Waals surface area contributed by atoms with E-state index in [0.29, 0.717) is 19.0 Å². The van der Waals surface area contributed by atoms with Crippen LogP contribution in [0.2, 0.25) is 0 Å². The number of amides is 1. The van der Waals surface area contributed by atoms with E-state index < -0.39 is 23.5 Å². The van der Waals surface area contributed by atoms with Crippen molar-refractivity contribution in [2.75, 3.05) is 41.3 Å². The minimum atomic E-state index is -4.82. The van der Waals surface area contributed by atoms with Gasteiger partial charge in [0.1, 0.15) is 5.82 Å². The molecule has 2 atom stereocenters. The summed E-state index contributed by atoms with van der Waals surface area (Å²) in [4.78, 5) is 24.9. The zero-order chi connectivity index (χ0) is 26.9. The second-order valence-corrected chi connectivity index (χ2v) is 10.6. The second kappa shape index (κ2) is 10.7. The summed E-state index contributed by atoms with van der Waals surface area (Å²) in [6, 6.07) is 13.7. The first kappa shape index (κ1) is 26.1. The number of carbonyl (C=O) groups is 1. The Balaban J connectivity index is 1.25. The lowest BCUT2D eigenvalue weighted by Gasteiger charge is -2.33. The van der Waals surface area contributed by atoms with Crippen LogP contribution in [-0.2, 0) is 6.18 Å². The number of nitrogens with one attached hydrogen (secondary N) is 1. The maximum atomic E-state index is 13.7. The van der Waals surface area contributed by atoms with Gasteiger partial charge in [-0.05, 0) is 54.7 Å². The maximum absolute atomic E-state index is 13.7. The molecule has 202 valence electrons. The molecule has 7 nitrogen and oxygen atoms in total. The van der Waals surface area contributed by atoms with E-state index in [-0.39, 0.29) is 23.5 Å². The number of piperidine rings is 2. The Bertz CT molecular complexity index is 1230. The number of alkyl halides is 3. The predicted octanol–water partition coefficient (Wildman–Crippen LogP) is 6.21. The number of benzene rings is 1. The Morgan fingerprint density at radius 3 is 2.29 bits per heavy atom. The van der Waals surface area contributed by atoms with Crippen LogP contribution < -0.4 is 15.1 Å². The van der Waals surface area contributed by atoms with Gasteiger partial charge >= 0.3 is 6.18 Å². The summed E-state index contributed by atoms with van der Waals surface area (Å²) in [6.45, 7) is 6.82. The first-order chi connectivity index (χ1) is 18.2. The number of rotatable bonds is 5. The SMILES string of the molecule is CC1CC(C)CN(c2nc(C(F)(F)F)c(C(=O)Nc3ccc(N4CCC(c5ccccc5)CC4)nc3)o2)C1. The number of anilines is 3. The van der Waals surface area contributed by atoms with E-state index in [1.54, 1.807) is 17.0 Å². The number of hydrogen-bond acceptors (Lipinski definition) is 6. The first-order valence-corrected chi connectivity index (χ1v) is 13.1. The molecule has 1 aromatic carbocycles. The molecule has 3 aromatic rings. The molecule has 5 rings (SSSR count). The third kappa shape index (κ3) is 5.79. The van der Waals surface area contributed by atoms with Crippen molar-refractivity contribution >= 4 is 23.4 Å². The number of halogens is 3. The number of aromatic nitrogens is 2. The van der Waals surface area contributed by atoms with Crippen LogP contribution in [0.15, 0.2) is 53.1 Å². The molecular weight excluding hydrogens is 495 g/mol. The van der Waals surface area contributed by atoms with E-state index in [4.69, 9.17) is 4.42 Å². The molecular formula is C28H32F3N5O2. The van der Waals surface area contributed by atoms with Crippen molar-refractivity contribution in [1.29, 1.82) is 0 Å². The van der Waals surface area contributed by atoms with Crippen LogP contribution in [0.4, 0.5) is 30.7 Å². The van der Waals surface area contributed by atoms with Crippen LogP contribution in [0, 0.1) is 11.8 Å². The minimum Gasteiger partial charge on any atom is -0.417 e. The highest BCUT2D eigenvalue weighted by atomic mass is 19.4. The molecule has 0 radical (unpaired) electrons. The molecule has 10 heteroatoms. The van der Waals surface area contributed by atoms with Crippen LogP contribution in [0.1, 0.15) is 60.8 Å². The molecule has 0 spiro atoms. The van der Waals surface area contributed by atoms with Crippen LogP contribution in [-0.4, -0.2) is 42.1 Å². The van der Waals surface area contributed by atoms with Crippen molar-refractivity contribution in [3.05, 3.63) is 65.7 Å². The lowest BCUT2D eigenvalue weighted by Crippen LogP contribution is -2.38. The molecule has 2 aliphatic heterocycles. The average Bonchev–Trinajstić information content (AvgIpc) is 3.36. The summed E-state index contributed by atoms with van der Waals surface area (Å²) in [6.07, 6.45) is -0.380. The molecule has 2 fully saturated rings. The molecule has 0 saturated carbocycles. The third-order valence-corrected chi connectivity index (χ3v) is 7.33. The van der Waals surface area contributed by atoms with Crippen LogP contribution in [0.3, 0.4) is 0 Å². The summed E-state index contributed by atoms with van der Waals surface area (Å²) >= 11 is 0. The zero-order valence-corrected chi connectivity index (χ0v) is 21.5. The molecule has 2 aromatic heterocycles. The van der Waals surface area contributed by atoms with Gasteiger partial charge in [-0.15, -0.1) is 0 Å². The van der Waals surface area contributed by atoms with E-state index in [1.165, 1.54) is 11.8 Å². The van der Waals surface area contributed by atoms with Crippen LogP contribution >= 0.6 is 0 Å². The molecule has 2 saturated heterocycles. The monoisotopic (exact) mass is 527 g/mol. The van der Waals surface area contributed by atoms with Crippen molar-refractivity contribution in [2.24, 2.45) is 11.8 Å². The number of hydrogen-bond donors (Lipinski definition) is 1. The van der Waals surface area contributed by atoms with Crippen LogP contribution in [0.25, 0.3) is 0 Å².